The van der Waals surface area contributed by atoms with Gasteiger partial charge in [0.25, 0.3) is 10.0 Å². The molecule has 0 atom stereocenters. The summed E-state index contributed by atoms with van der Waals surface area (Å²) in [6.07, 6.45) is -1.45. The molecule has 4 rings (SSSR count). The first-order valence-corrected chi connectivity index (χ1v) is 10.9. The molecule has 0 unspecified atom stereocenters. The van der Waals surface area contributed by atoms with Crippen LogP contribution in [0.5, 0.6) is 0 Å². The summed E-state index contributed by atoms with van der Waals surface area (Å²) in [5, 5.41) is 0. The minimum absolute atomic E-state index is 0.203. The minimum Gasteiger partial charge on any atom is -0.266 e. The Morgan fingerprint density at radius 3 is 2.30 bits per heavy atom. The van der Waals surface area contributed by atoms with Gasteiger partial charge in [0.1, 0.15) is 0 Å². The molecule has 0 N–H and O–H groups in total. The quantitative estimate of drug-likeness (QED) is 0.570. The van der Waals surface area contributed by atoms with Crippen LogP contribution < -0.4 is 4.31 Å². The van der Waals surface area contributed by atoms with E-state index >= 15 is 0 Å². The van der Waals surface area contributed by atoms with E-state index < -0.39 is 21.8 Å². The molecule has 0 fully saturated rings. The lowest BCUT2D eigenvalue weighted by Gasteiger charge is -2.30. The minimum atomic E-state index is -4.42. The normalized spacial score (nSPS) is 14.5. The molecule has 1 aliphatic heterocycles. The molecule has 0 amide bonds. The maximum Gasteiger partial charge on any atom is 0.416 e. The van der Waals surface area contributed by atoms with Crippen LogP contribution in [-0.2, 0) is 22.6 Å². The lowest BCUT2D eigenvalue weighted by Crippen LogP contribution is -2.35. The van der Waals surface area contributed by atoms with Gasteiger partial charge in [-0.2, -0.15) is 13.2 Å². The lowest BCUT2D eigenvalue weighted by molar-refractivity contribution is -0.137. The van der Waals surface area contributed by atoms with Crippen molar-refractivity contribution < 1.29 is 21.6 Å². The Morgan fingerprint density at radius 2 is 1.67 bits per heavy atom. The molecule has 8 heteroatoms. The van der Waals surface area contributed by atoms with Gasteiger partial charge in [0.05, 0.1) is 21.8 Å². The number of hydrogen-bond acceptors (Lipinski definition) is 3. The van der Waals surface area contributed by atoms with Gasteiger partial charge in [-0.3, -0.25) is 9.29 Å². The zero-order valence-corrected chi connectivity index (χ0v) is 17.0. The molecule has 2 heterocycles. The number of sulfonamides is 1. The fraction of sp³-hybridized carbons (Fsp3) is 0.227. The van der Waals surface area contributed by atoms with Crippen LogP contribution in [-0.4, -0.2) is 19.9 Å². The second kappa shape index (κ2) is 7.43. The number of benzene rings is 2. The molecule has 0 saturated heterocycles. The van der Waals surface area contributed by atoms with Crippen molar-refractivity contribution in [1.29, 1.82) is 0 Å². The van der Waals surface area contributed by atoms with Gasteiger partial charge in [0.15, 0.2) is 0 Å². The fourth-order valence-corrected chi connectivity index (χ4v) is 5.04. The summed E-state index contributed by atoms with van der Waals surface area (Å²) in [5.74, 6) is 0. The number of aryl methyl sites for hydroxylation is 2. The van der Waals surface area contributed by atoms with Gasteiger partial charge in [-0.25, -0.2) is 8.42 Å². The molecule has 0 spiro atoms. The van der Waals surface area contributed by atoms with E-state index in [1.165, 1.54) is 16.4 Å². The molecule has 0 aliphatic carbocycles. The summed E-state index contributed by atoms with van der Waals surface area (Å²) in [5.41, 5.74) is 2.45. The van der Waals surface area contributed by atoms with Crippen molar-refractivity contribution in [1.82, 2.24) is 4.98 Å². The highest BCUT2D eigenvalue weighted by atomic mass is 32.2. The predicted molar refractivity (Wildman–Crippen MR) is 109 cm³/mol. The number of anilines is 1. The molecular formula is C22H19F3N2O2S. The molecule has 1 aromatic heterocycles. The van der Waals surface area contributed by atoms with E-state index in [0.29, 0.717) is 36.3 Å². The molecule has 0 radical (unpaired) electrons. The largest absolute Gasteiger partial charge is 0.416 e. The first kappa shape index (κ1) is 20.4. The van der Waals surface area contributed by atoms with Gasteiger partial charge >= 0.3 is 6.18 Å². The van der Waals surface area contributed by atoms with Crippen molar-refractivity contribution in [3.05, 3.63) is 77.5 Å². The number of pyridine rings is 1. The third-order valence-corrected chi connectivity index (χ3v) is 6.98. The maximum absolute atomic E-state index is 13.2. The van der Waals surface area contributed by atoms with E-state index in [0.717, 1.165) is 23.3 Å². The van der Waals surface area contributed by atoms with Crippen molar-refractivity contribution in [2.45, 2.75) is 30.8 Å². The highest BCUT2D eigenvalue weighted by Gasteiger charge is 2.31. The van der Waals surface area contributed by atoms with Crippen LogP contribution in [0.3, 0.4) is 0 Å². The van der Waals surface area contributed by atoms with Gasteiger partial charge in [-0.15, -0.1) is 0 Å². The van der Waals surface area contributed by atoms with Crippen LogP contribution in [0.4, 0.5) is 18.9 Å². The molecule has 3 aromatic rings. The monoisotopic (exact) mass is 432 g/mol. The summed E-state index contributed by atoms with van der Waals surface area (Å²) in [6.45, 7) is 2.22. The Morgan fingerprint density at radius 1 is 1.00 bits per heavy atom. The molecule has 1 aliphatic rings. The van der Waals surface area contributed by atoms with E-state index in [-0.39, 0.29) is 4.90 Å². The van der Waals surface area contributed by atoms with E-state index in [1.807, 2.05) is 6.92 Å². The Bertz CT molecular complexity index is 1170. The van der Waals surface area contributed by atoms with Gasteiger partial charge in [0, 0.05) is 18.3 Å². The van der Waals surface area contributed by atoms with Crippen molar-refractivity contribution in [3.63, 3.8) is 0 Å². The zero-order chi connectivity index (χ0) is 21.5. The molecule has 0 bridgehead atoms. The summed E-state index contributed by atoms with van der Waals surface area (Å²) in [4.78, 5) is 4.55. The van der Waals surface area contributed by atoms with Gasteiger partial charge in [-0.05, 0) is 55.7 Å². The number of hydrogen-bond donors (Lipinski definition) is 0. The van der Waals surface area contributed by atoms with E-state index in [4.69, 9.17) is 0 Å². The highest BCUT2D eigenvalue weighted by molar-refractivity contribution is 7.92. The Labute approximate surface area is 173 Å². The van der Waals surface area contributed by atoms with Crippen molar-refractivity contribution in [2.75, 3.05) is 10.8 Å². The van der Waals surface area contributed by atoms with Gasteiger partial charge in [0.2, 0.25) is 0 Å². The number of nitrogens with zero attached hydrogens (tertiary/aromatic N) is 2. The van der Waals surface area contributed by atoms with Crippen LogP contribution >= 0.6 is 0 Å². The zero-order valence-electron chi connectivity index (χ0n) is 16.1. The number of alkyl halides is 3. The Balaban J connectivity index is 1.74. The van der Waals surface area contributed by atoms with Crippen molar-refractivity contribution in [2.24, 2.45) is 0 Å². The average Bonchev–Trinajstić information content (AvgIpc) is 2.72. The molecule has 2 aromatic carbocycles. The molecule has 4 nitrogen and oxygen atoms in total. The first-order valence-electron chi connectivity index (χ1n) is 9.42. The number of rotatable bonds is 3. The third-order valence-electron chi connectivity index (χ3n) is 5.15. The Kier molecular flexibility index (Phi) is 5.05. The average molecular weight is 432 g/mol. The third kappa shape index (κ3) is 3.79. The maximum atomic E-state index is 13.2. The number of fused-ring (bicyclic) bond motifs is 1. The lowest BCUT2D eigenvalue weighted by atomic mass is 10.0. The number of aromatic nitrogens is 1. The second-order valence-electron chi connectivity index (χ2n) is 7.27. The summed E-state index contributed by atoms with van der Waals surface area (Å²) in [7, 11) is -3.76. The van der Waals surface area contributed by atoms with Crippen LogP contribution in [0.1, 0.15) is 23.1 Å². The summed E-state index contributed by atoms with van der Waals surface area (Å²) < 4.78 is 66.3. The Hall–Kier alpha value is -2.87. The van der Waals surface area contributed by atoms with Crippen LogP contribution in [0.15, 0.2) is 65.7 Å². The second-order valence-corrected chi connectivity index (χ2v) is 9.13. The van der Waals surface area contributed by atoms with Crippen LogP contribution in [0.2, 0.25) is 0 Å². The van der Waals surface area contributed by atoms with Crippen molar-refractivity contribution >= 4 is 15.7 Å². The van der Waals surface area contributed by atoms with Crippen LogP contribution in [0, 0.1) is 6.92 Å². The smallest absolute Gasteiger partial charge is 0.266 e. The van der Waals surface area contributed by atoms with Gasteiger partial charge in [-0.1, -0.05) is 29.8 Å². The summed E-state index contributed by atoms with van der Waals surface area (Å²) >= 11 is 0. The first-order chi connectivity index (χ1) is 14.2. The van der Waals surface area contributed by atoms with Crippen molar-refractivity contribution in [3.8, 4) is 11.3 Å². The SMILES string of the molecule is Cc1ccc(S(=O)(=O)N2CCCc3cnc(-c4ccc(C(F)(F)F)cc4)cc32)cc1. The molecular weight excluding hydrogens is 413 g/mol. The highest BCUT2D eigenvalue weighted by Crippen LogP contribution is 2.35. The van der Waals surface area contributed by atoms with E-state index in [9.17, 15) is 21.6 Å². The number of halogens is 3. The predicted octanol–water partition coefficient (Wildman–Crippen LogP) is 5.22. The van der Waals surface area contributed by atoms with E-state index in [2.05, 4.69) is 4.98 Å². The molecule has 156 valence electrons. The van der Waals surface area contributed by atoms with Gasteiger partial charge < -0.3 is 0 Å². The standard InChI is InChI=1S/C22H19F3N2O2S/c1-15-4-10-19(11-5-15)30(28,29)27-12-2-3-17-14-26-20(13-21(17)27)16-6-8-18(9-7-16)22(23,24)25/h4-11,13-14H,2-3,12H2,1H3. The molecule has 30 heavy (non-hydrogen) atoms. The topological polar surface area (TPSA) is 50.3 Å². The fourth-order valence-electron chi connectivity index (χ4n) is 3.51. The summed E-state index contributed by atoms with van der Waals surface area (Å²) in [6, 6.07) is 13.0. The van der Waals surface area contributed by atoms with Crippen LogP contribution in [0.25, 0.3) is 11.3 Å². The molecule has 0 saturated carbocycles. The van der Waals surface area contributed by atoms with E-state index in [1.54, 1.807) is 36.5 Å².